The van der Waals surface area contributed by atoms with Crippen molar-refractivity contribution in [2.24, 2.45) is 0 Å². The van der Waals surface area contributed by atoms with Crippen LogP contribution in [0.2, 0.25) is 0 Å². The van der Waals surface area contributed by atoms with Gasteiger partial charge in [0.1, 0.15) is 17.8 Å². The summed E-state index contributed by atoms with van der Waals surface area (Å²) < 4.78 is 1.87. The van der Waals surface area contributed by atoms with E-state index in [2.05, 4.69) is 16.1 Å². The topological polar surface area (TPSA) is 50.9 Å². The van der Waals surface area contributed by atoms with Gasteiger partial charge < -0.3 is 5.11 Å². The molecule has 2 aromatic rings. The molecule has 4 nitrogen and oxygen atoms in total. The van der Waals surface area contributed by atoms with Crippen molar-refractivity contribution in [3.05, 3.63) is 47.0 Å². The minimum absolute atomic E-state index is 0.00102. The molecular formula is C14H17N3O. The van der Waals surface area contributed by atoms with E-state index >= 15 is 0 Å². The summed E-state index contributed by atoms with van der Waals surface area (Å²) in [5, 5.41) is 14.9. The highest BCUT2D eigenvalue weighted by Gasteiger charge is 2.30. The quantitative estimate of drug-likeness (QED) is 0.834. The molecule has 0 amide bonds. The van der Waals surface area contributed by atoms with Crippen molar-refractivity contribution in [1.82, 2.24) is 14.8 Å². The molecule has 4 heteroatoms. The van der Waals surface area contributed by atoms with Gasteiger partial charge in [-0.2, -0.15) is 5.10 Å². The van der Waals surface area contributed by atoms with Crippen LogP contribution in [0.5, 0.6) is 0 Å². The van der Waals surface area contributed by atoms with Crippen LogP contribution >= 0.6 is 0 Å². The Bertz CT molecular complexity index is 576. The van der Waals surface area contributed by atoms with E-state index in [-0.39, 0.29) is 6.04 Å². The summed E-state index contributed by atoms with van der Waals surface area (Å²) in [5.74, 6) is 1.63. The molecule has 3 rings (SSSR count). The van der Waals surface area contributed by atoms with E-state index in [1.165, 1.54) is 5.56 Å². The van der Waals surface area contributed by atoms with Gasteiger partial charge in [0.15, 0.2) is 0 Å². The Labute approximate surface area is 106 Å². The van der Waals surface area contributed by atoms with Crippen LogP contribution in [0.4, 0.5) is 0 Å². The summed E-state index contributed by atoms with van der Waals surface area (Å²) in [6, 6.07) is 8.10. The van der Waals surface area contributed by atoms with Gasteiger partial charge >= 0.3 is 0 Å². The monoisotopic (exact) mass is 243 g/mol. The number of aliphatic hydroxyl groups excluding tert-OH is 1. The first-order valence-corrected chi connectivity index (χ1v) is 6.32. The van der Waals surface area contributed by atoms with Gasteiger partial charge in [0, 0.05) is 0 Å². The zero-order chi connectivity index (χ0) is 12.7. The van der Waals surface area contributed by atoms with Crippen LogP contribution in [0, 0.1) is 13.8 Å². The average Bonchev–Trinajstić information content (AvgIpc) is 2.69. The molecule has 0 saturated carbocycles. The van der Waals surface area contributed by atoms with Crippen molar-refractivity contribution < 1.29 is 5.11 Å². The number of aliphatic hydroxyl groups is 1. The summed E-state index contributed by atoms with van der Waals surface area (Å²) in [6.45, 7) is 3.82. The minimum Gasteiger partial charge on any atom is -0.386 e. The van der Waals surface area contributed by atoms with Crippen LogP contribution in [0.3, 0.4) is 0 Å². The Morgan fingerprint density at radius 3 is 2.78 bits per heavy atom. The van der Waals surface area contributed by atoms with E-state index in [4.69, 9.17) is 0 Å². The van der Waals surface area contributed by atoms with Crippen molar-refractivity contribution in [1.29, 1.82) is 0 Å². The fourth-order valence-corrected chi connectivity index (χ4v) is 2.83. The van der Waals surface area contributed by atoms with Crippen molar-refractivity contribution >= 4 is 0 Å². The number of rotatable bonds is 1. The number of aryl methyl sites for hydroxylation is 3. The largest absolute Gasteiger partial charge is 0.386 e. The second-order valence-corrected chi connectivity index (χ2v) is 4.90. The van der Waals surface area contributed by atoms with E-state index in [0.717, 1.165) is 30.1 Å². The van der Waals surface area contributed by atoms with Crippen molar-refractivity contribution in [3.63, 3.8) is 0 Å². The van der Waals surface area contributed by atoms with Crippen LogP contribution in [-0.4, -0.2) is 19.9 Å². The number of nitrogens with zero attached hydrogens (tertiary/aromatic N) is 3. The molecule has 0 bridgehead atoms. The van der Waals surface area contributed by atoms with Crippen LogP contribution in [0.15, 0.2) is 24.3 Å². The first-order valence-electron chi connectivity index (χ1n) is 6.32. The molecule has 0 saturated heterocycles. The fourth-order valence-electron chi connectivity index (χ4n) is 2.83. The number of hydrogen-bond donors (Lipinski definition) is 1. The normalized spacial score (nSPS) is 22.8. The molecule has 1 aromatic carbocycles. The molecule has 0 fully saturated rings. The predicted octanol–water partition coefficient (Wildman–Crippen LogP) is 2.12. The zero-order valence-electron chi connectivity index (χ0n) is 10.7. The van der Waals surface area contributed by atoms with Gasteiger partial charge in [0.05, 0.1) is 6.04 Å². The second kappa shape index (κ2) is 4.21. The van der Waals surface area contributed by atoms with Gasteiger partial charge in [0.2, 0.25) is 0 Å². The summed E-state index contributed by atoms with van der Waals surface area (Å²) in [6.07, 6.45) is 1.40. The molecular weight excluding hydrogens is 226 g/mol. The highest BCUT2D eigenvalue weighted by molar-refractivity contribution is 5.32. The van der Waals surface area contributed by atoms with Crippen molar-refractivity contribution in [3.8, 4) is 0 Å². The van der Waals surface area contributed by atoms with E-state index in [9.17, 15) is 5.11 Å². The Morgan fingerprint density at radius 1 is 1.28 bits per heavy atom. The summed E-state index contributed by atoms with van der Waals surface area (Å²) in [7, 11) is 0. The van der Waals surface area contributed by atoms with Gasteiger partial charge in [-0.3, -0.25) is 0 Å². The molecule has 18 heavy (non-hydrogen) atoms. The van der Waals surface area contributed by atoms with Crippen LogP contribution in [0.25, 0.3) is 0 Å². The maximum atomic E-state index is 10.5. The number of fused-ring (bicyclic) bond motifs is 1. The van der Waals surface area contributed by atoms with Crippen molar-refractivity contribution in [2.45, 2.75) is 38.8 Å². The SMILES string of the molecule is Cc1nc(C)n(C2CCc3ccccc3C2O)n1. The number of aromatic nitrogens is 3. The predicted molar refractivity (Wildman–Crippen MR) is 68.3 cm³/mol. The lowest BCUT2D eigenvalue weighted by Gasteiger charge is -2.30. The lowest BCUT2D eigenvalue weighted by atomic mass is 9.86. The molecule has 0 aliphatic heterocycles. The van der Waals surface area contributed by atoms with Gasteiger partial charge in [-0.05, 0) is 37.8 Å². The van der Waals surface area contributed by atoms with E-state index < -0.39 is 6.10 Å². The lowest BCUT2D eigenvalue weighted by Crippen LogP contribution is -2.25. The Morgan fingerprint density at radius 2 is 2.06 bits per heavy atom. The second-order valence-electron chi connectivity index (χ2n) is 4.90. The van der Waals surface area contributed by atoms with Gasteiger partial charge in [-0.25, -0.2) is 9.67 Å². The summed E-state index contributed by atoms with van der Waals surface area (Å²) in [5.41, 5.74) is 2.28. The molecule has 1 heterocycles. The third-order valence-electron chi connectivity index (χ3n) is 3.67. The van der Waals surface area contributed by atoms with Gasteiger partial charge in [-0.15, -0.1) is 0 Å². The minimum atomic E-state index is -0.491. The average molecular weight is 243 g/mol. The number of hydrogen-bond acceptors (Lipinski definition) is 3. The molecule has 2 atom stereocenters. The maximum Gasteiger partial charge on any atom is 0.147 e. The number of benzene rings is 1. The Hall–Kier alpha value is -1.68. The van der Waals surface area contributed by atoms with E-state index in [1.54, 1.807) is 0 Å². The molecule has 0 radical (unpaired) electrons. The highest BCUT2D eigenvalue weighted by atomic mass is 16.3. The first-order chi connectivity index (χ1) is 8.66. The molecule has 0 spiro atoms. The van der Waals surface area contributed by atoms with E-state index in [0.29, 0.717) is 0 Å². The Kier molecular flexibility index (Phi) is 2.67. The van der Waals surface area contributed by atoms with Gasteiger partial charge in [0.25, 0.3) is 0 Å². The Balaban J connectivity index is 2.00. The molecule has 1 aromatic heterocycles. The third kappa shape index (κ3) is 1.73. The van der Waals surface area contributed by atoms with Crippen LogP contribution in [-0.2, 0) is 6.42 Å². The summed E-state index contributed by atoms with van der Waals surface area (Å²) in [4.78, 5) is 4.32. The molecule has 94 valence electrons. The smallest absolute Gasteiger partial charge is 0.147 e. The molecule has 1 aliphatic carbocycles. The van der Waals surface area contributed by atoms with Gasteiger partial charge in [-0.1, -0.05) is 24.3 Å². The van der Waals surface area contributed by atoms with Crippen molar-refractivity contribution in [2.75, 3.05) is 0 Å². The third-order valence-corrected chi connectivity index (χ3v) is 3.67. The molecule has 2 unspecified atom stereocenters. The van der Waals surface area contributed by atoms with Crippen LogP contribution < -0.4 is 0 Å². The highest BCUT2D eigenvalue weighted by Crippen LogP contribution is 2.37. The first kappa shape index (κ1) is 11.4. The molecule has 1 aliphatic rings. The summed E-state index contributed by atoms with van der Waals surface area (Å²) >= 11 is 0. The maximum absolute atomic E-state index is 10.5. The van der Waals surface area contributed by atoms with Crippen LogP contribution in [0.1, 0.15) is 41.3 Å². The fraction of sp³-hybridized carbons (Fsp3) is 0.429. The standard InChI is InChI=1S/C14H17N3O/c1-9-15-10(2)17(16-9)13-8-7-11-5-3-4-6-12(11)14(13)18/h3-6,13-14,18H,7-8H2,1-2H3. The lowest BCUT2D eigenvalue weighted by molar-refractivity contribution is 0.0906. The zero-order valence-corrected chi connectivity index (χ0v) is 10.7. The molecule has 1 N–H and O–H groups in total. The van der Waals surface area contributed by atoms with E-state index in [1.807, 2.05) is 36.7 Å².